The average Bonchev–Trinajstić information content (AvgIpc) is 3.75. The number of aliphatic hydroxyl groups excluding tert-OH is 5. The first kappa shape index (κ1) is 60.3. The van der Waals surface area contributed by atoms with Crippen LogP contribution in [0.5, 0.6) is 0 Å². The fourth-order valence-electron chi connectivity index (χ4n) is 8.06. The zero-order valence-electron chi connectivity index (χ0n) is 40.2. The van der Waals surface area contributed by atoms with Crippen molar-refractivity contribution in [2.45, 2.75) is 197 Å². The van der Waals surface area contributed by atoms with Gasteiger partial charge in [0.1, 0.15) is 61.2 Å². The van der Waals surface area contributed by atoms with E-state index in [9.17, 15) is 69.0 Å². The zero-order chi connectivity index (χ0) is 52.0. The number of nitrogens with two attached hydrogens (primary N) is 3. The highest BCUT2D eigenvalue weighted by Gasteiger charge is 2.40. The molecule has 19 N–H and O–H groups in total. The van der Waals surface area contributed by atoms with Gasteiger partial charge in [0.25, 0.3) is 0 Å². The van der Waals surface area contributed by atoms with Gasteiger partial charge in [0.2, 0.25) is 41.4 Å². The first-order valence-electron chi connectivity index (χ1n) is 23.8. The second-order valence-corrected chi connectivity index (χ2v) is 18.4. The molecule has 0 aromatic rings. The van der Waals surface area contributed by atoms with Gasteiger partial charge in [-0.25, -0.2) is 0 Å². The van der Waals surface area contributed by atoms with Gasteiger partial charge in [0.05, 0.1) is 18.6 Å². The van der Waals surface area contributed by atoms with E-state index in [-0.39, 0.29) is 70.3 Å². The number of likely N-dealkylation sites (tertiary alicyclic amines) is 1. The lowest BCUT2D eigenvalue weighted by atomic mass is 9.92. The molecule has 1 saturated heterocycles. The number of aliphatic carboxylic acids is 1. The van der Waals surface area contributed by atoms with Gasteiger partial charge >= 0.3 is 5.97 Å². The normalized spacial score (nSPS) is 20.4. The highest BCUT2D eigenvalue weighted by molar-refractivity contribution is 5.98. The molecule has 1 heterocycles. The van der Waals surface area contributed by atoms with E-state index in [2.05, 4.69) is 37.2 Å². The van der Waals surface area contributed by atoms with Crippen molar-refractivity contribution in [3.8, 4) is 0 Å². The minimum atomic E-state index is -1.57. The number of carboxylic acids is 1. The van der Waals surface area contributed by atoms with Crippen LogP contribution in [0.15, 0.2) is 11.6 Å². The Balaban J connectivity index is 2.47. The number of amides is 7. The Morgan fingerprint density at radius 2 is 1.26 bits per heavy atom. The van der Waals surface area contributed by atoms with Crippen molar-refractivity contribution in [1.29, 1.82) is 0 Å². The van der Waals surface area contributed by atoms with Crippen LogP contribution in [0.4, 0.5) is 0 Å². The maximum Gasteiger partial charge on any atom is 0.305 e. The van der Waals surface area contributed by atoms with Gasteiger partial charge in [0.15, 0.2) is 0 Å². The molecule has 394 valence electrons. The standard InChI is InChI=1S/C44H79N11O14/c1-23(2)20-32(41(66)52-31(38(47)63)22-37(61)62)54-43(68)34-9-7-19-55(34)44(69)30(15-17-36(46)60)51-42(67)33(21-26-10-12-27(58)13-11-26)53-39(64)28(8-5-6-18-48-24(3)56)50-40(65)29(49-25(4)57)14-16-35(45)59/h10,23-25,27-36,48-49,56-60H,5-9,11-22,45-46H2,1-4H3,(H2,47,63)(H,50,65)(H,51,67)(H,52,66)(H,53,64)(H,54,68)(H,61,62)/t24-,25-,27-,28-,29?,30-,31?,32-,33?,34?,35+,36-/m1/s1. The van der Waals surface area contributed by atoms with Gasteiger partial charge in [-0.1, -0.05) is 25.5 Å². The highest BCUT2D eigenvalue weighted by atomic mass is 16.4. The number of carboxylic acid groups (broad SMARTS) is 1. The SMILES string of the molecule is CC(C)C[C@@H](NC(=O)C1CCCN1C(=O)[C@@H](CC[C@H](N)O)NC(=O)C(CC1=CC[C@@H](O)CC1)NC(=O)[C@@H](CCCCN[C@@H](C)O)NC(=O)C(CC[C@@H](N)O)N[C@@H](C)O)C(=O)NC(CC(=O)O)C(N)=O. The number of hydrogen-bond acceptors (Lipinski definition) is 17. The molecule has 2 rings (SSSR count). The average molecular weight is 986 g/mol. The lowest BCUT2D eigenvalue weighted by Crippen LogP contribution is -2.60. The van der Waals surface area contributed by atoms with Crippen LogP contribution >= 0.6 is 0 Å². The number of unbranched alkanes of at least 4 members (excludes halogenated alkanes) is 1. The van der Waals surface area contributed by atoms with E-state index in [0.717, 1.165) is 0 Å². The second kappa shape index (κ2) is 30.7. The molecule has 4 unspecified atom stereocenters. The van der Waals surface area contributed by atoms with Gasteiger partial charge in [0, 0.05) is 6.54 Å². The fraction of sp³-hybridized carbons (Fsp3) is 0.773. The van der Waals surface area contributed by atoms with Crippen LogP contribution in [0, 0.1) is 5.92 Å². The van der Waals surface area contributed by atoms with Crippen molar-refractivity contribution < 1.29 is 69.0 Å². The predicted molar refractivity (Wildman–Crippen MR) is 249 cm³/mol. The van der Waals surface area contributed by atoms with E-state index in [4.69, 9.17) is 17.2 Å². The molecule has 2 aliphatic rings. The third-order valence-corrected chi connectivity index (χ3v) is 11.7. The van der Waals surface area contributed by atoms with Crippen molar-refractivity contribution in [2.75, 3.05) is 13.1 Å². The van der Waals surface area contributed by atoms with Crippen LogP contribution in [0.2, 0.25) is 0 Å². The maximum atomic E-state index is 14.5. The Morgan fingerprint density at radius 3 is 1.81 bits per heavy atom. The van der Waals surface area contributed by atoms with Crippen molar-refractivity contribution in [3.05, 3.63) is 11.6 Å². The Labute approximate surface area is 402 Å². The quantitative estimate of drug-likeness (QED) is 0.0173. The predicted octanol–water partition coefficient (Wildman–Crippen LogP) is -4.22. The van der Waals surface area contributed by atoms with Gasteiger partial charge in [-0.05, 0) is 116 Å². The molecular formula is C44H79N11O14. The summed E-state index contributed by atoms with van der Waals surface area (Å²) >= 11 is 0. The Hall–Kier alpha value is -4.86. The summed E-state index contributed by atoms with van der Waals surface area (Å²) < 4.78 is 0. The molecule has 12 atom stereocenters. The lowest BCUT2D eigenvalue weighted by molar-refractivity contribution is -0.143. The third kappa shape index (κ3) is 23.1. The first-order valence-corrected chi connectivity index (χ1v) is 23.8. The second-order valence-electron chi connectivity index (χ2n) is 18.4. The van der Waals surface area contributed by atoms with E-state index in [1.54, 1.807) is 26.8 Å². The summed E-state index contributed by atoms with van der Waals surface area (Å²) in [4.78, 5) is 109. The van der Waals surface area contributed by atoms with E-state index in [1.807, 2.05) is 0 Å². The molecule has 0 saturated carbocycles. The van der Waals surface area contributed by atoms with Gasteiger partial charge < -0.3 is 79.3 Å². The summed E-state index contributed by atoms with van der Waals surface area (Å²) in [6.07, 6.45) is -2.31. The van der Waals surface area contributed by atoms with Gasteiger partial charge in [-0.3, -0.25) is 49.0 Å². The molecule has 1 aliphatic heterocycles. The molecule has 0 aromatic carbocycles. The lowest BCUT2D eigenvalue weighted by Gasteiger charge is -2.32. The summed E-state index contributed by atoms with van der Waals surface area (Å²) in [5.41, 5.74) is 17.2. The molecule has 0 radical (unpaired) electrons. The van der Waals surface area contributed by atoms with E-state index in [1.165, 1.54) is 11.8 Å². The molecule has 69 heavy (non-hydrogen) atoms. The fourth-order valence-corrected chi connectivity index (χ4v) is 8.06. The molecule has 1 fully saturated rings. The number of rotatable bonds is 32. The van der Waals surface area contributed by atoms with E-state index >= 15 is 0 Å². The maximum absolute atomic E-state index is 14.5. The van der Waals surface area contributed by atoms with Crippen LogP contribution in [0.3, 0.4) is 0 Å². The minimum absolute atomic E-state index is 0.0155. The monoisotopic (exact) mass is 986 g/mol. The van der Waals surface area contributed by atoms with Crippen LogP contribution in [0.25, 0.3) is 0 Å². The number of carbonyl (C=O) groups is 8. The van der Waals surface area contributed by atoms with Crippen LogP contribution in [-0.2, 0) is 38.4 Å². The third-order valence-electron chi connectivity index (χ3n) is 11.7. The number of aliphatic hydroxyl groups is 5. The highest BCUT2D eigenvalue weighted by Crippen LogP contribution is 2.24. The first-order chi connectivity index (χ1) is 32.4. The number of carbonyl (C=O) groups excluding carboxylic acids is 7. The van der Waals surface area contributed by atoms with Crippen LogP contribution in [-0.4, -0.2) is 169 Å². The summed E-state index contributed by atoms with van der Waals surface area (Å²) in [5.74, 6) is -7.33. The summed E-state index contributed by atoms with van der Waals surface area (Å²) in [6.45, 7) is 6.88. The summed E-state index contributed by atoms with van der Waals surface area (Å²) in [7, 11) is 0. The zero-order valence-corrected chi connectivity index (χ0v) is 40.2. The topological polar surface area (TPSA) is 423 Å². The van der Waals surface area contributed by atoms with E-state index in [0.29, 0.717) is 44.2 Å². The number of primary amides is 1. The van der Waals surface area contributed by atoms with Crippen LogP contribution in [0.1, 0.15) is 124 Å². The summed E-state index contributed by atoms with van der Waals surface area (Å²) in [5, 5.41) is 77.4. The summed E-state index contributed by atoms with van der Waals surface area (Å²) in [6, 6.07) is -9.10. The molecule has 0 aromatic heterocycles. The van der Waals surface area contributed by atoms with Crippen molar-refractivity contribution >= 4 is 47.3 Å². The molecule has 1 aliphatic carbocycles. The van der Waals surface area contributed by atoms with Crippen molar-refractivity contribution in [2.24, 2.45) is 23.1 Å². The molecular weight excluding hydrogens is 907 g/mol. The minimum Gasteiger partial charge on any atom is -0.481 e. The number of nitrogens with zero attached hydrogens (tertiary/aromatic N) is 1. The molecule has 7 amide bonds. The van der Waals surface area contributed by atoms with Crippen molar-refractivity contribution in [1.82, 2.24) is 42.1 Å². The largest absolute Gasteiger partial charge is 0.481 e. The Bertz CT molecular complexity index is 1730. The van der Waals surface area contributed by atoms with Gasteiger partial charge in [-0.15, -0.1) is 0 Å². The molecule has 0 spiro atoms. The van der Waals surface area contributed by atoms with Gasteiger partial charge in [-0.2, -0.15) is 0 Å². The number of hydrogen-bond donors (Lipinski definition) is 16. The van der Waals surface area contributed by atoms with E-state index < -0.39 is 127 Å². The Morgan fingerprint density at radius 1 is 0.696 bits per heavy atom. The van der Waals surface area contributed by atoms with Crippen LogP contribution < -0.4 is 54.4 Å². The molecule has 0 bridgehead atoms. The Kier molecular flexibility index (Phi) is 26.8. The number of nitrogens with one attached hydrogen (secondary N) is 7. The molecule has 25 nitrogen and oxygen atoms in total. The molecule has 25 heteroatoms. The van der Waals surface area contributed by atoms with Crippen molar-refractivity contribution in [3.63, 3.8) is 0 Å². The smallest absolute Gasteiger partial charge is 0.305 e.